The van der Waals surface area contributed by atoms with Crippen LogP contribution in [0, 0.1) is 0 Å². The molecule has 0 unspecified atom stereocenters. The van der Waals surface area contributed by atoms with Crippen molar-refractivity contribution in [1.82, 2.24) is 0 Å². The van der Waals surface area contributed by atoms with Crippen LogP contribution in [0.1, 0.15) is 0 Å². The second-order valence-electron chi connectivity index (χ2n) is 7.52. The van der Waals surface area contributed by atoms with Crippen molar-refractivity contribution in [1.29, 1.82) is 0 Å². The largest absolute Gasteiger partial charge is 0.344 e. The minimum Gasteiger partial charge on any atom is -0.344 e. The quantitative estimate of drug-likeness (QED) is 0.303. The maximum Gasteiger partial charge on any atom is 0.0488 e. The van der Waals surface area contributed by atoms with Crippen LogP contribution in [0.3, 0.4) is 0 Å². The van der Waals surface area contributed by atoms with E-state index in [1.807, 2.05) is 0 Å². The molecule has 30 heavy (non-hydrogen) atoms. The van der Waals surface area contributed by atoms with Gasteiger partial charge in [0.15, 0.2) is 0 Å². The van der Waals surface area contributed by atoms with Crippen LogP contribution in [0.5, 0.6) is 0 Å². The van der Waals surface area contributed by atoms with Gasteiger partial charge in [0.1, 0.15) is 0 Å². The molecular weight excluding hydrogens is 362 g/mol. The van der Waals surface area contributed by atoms with Crippen LogP contribution >= 0.6 is 0 Å². The Hall–Kier alpha value is -3.84. The first kappa shape index (κ1) is 18.2. The average Bonchev–Trinajstić information content (AvgIpc) is 2.84. The smallest absolute Gasteiger partial charge is 0.0488 e. The highest BCUT2D eigenvalue weighted by Crippen LogP contribution is 2.37. The van der Waals surface area contributed by atoms with Gasteiger partial charge in [-0.2, -0.15) is 0 Å². The lowest BCUT2D eigenvalue weighted by molar-refractivity contribution is 1.22. The van der Waals surface area contributed by atoms with Crippen LogP contribution in [0.15, 0.2) is 121 Å². The molecule has 0 spiro atoms. The summed E-state index contributed by atoms with van der Waals surface area (Å²) in [5.41, 5.74) is 7.35. The molecule has 0 aliphatic heterocycles. The molecule has 5 aromatic rings. The summed E-state index contributed by atoms with van der Waals surface area (Å²) < 4.78 is 0. The lowest BCUT2D eigenvalue weighted by atomic mass is 9.96. The Labute approximate surface area is 177 Å². The van der Waals surface area contributed by atoms with Gasteiger partial charge in [-0.05, 0) is 45.8 Å². The van der Waals surface area contributed by atoms with Crippen LogP contribution in [-0.2, 0) is 0 Å². The van der Waals surface area contributed by atoms with Gasteiger partial charge < -0.3 is 4.90 Å². The van der Waals surface area contributed by atoms with Crippen LogP contribution in [-0.4, -0.2) is 7.05 Å². The molecular formula is C29H23N. The molecule has 0 atom stereocenters. The molecule has 5 aromatic carbocycles. The maximum atomic E-state index is 2.28. The summed E-state index contributed by atoms with van der Waals surface area (Å²) in [7, 11) is 2.15. The van der Waals surface area contributed by atoms with Gasteiger partial charge in [-0.1, -0.05) is 103 Å². The highest BCUT2D eigenvalue weighted by atomic mass is 15.1. The molecule has 1 nitrogen and oxygen atoms in total. The third kappa shape index (κ3) is 3.35. The van der Waals surface area contributed by atoms with Crippen molar-refractivity contribution >= 4 is 22.1 Å². The predicted octanol–water partition coefficient (Wildman–Crippen LogP) is 7.94. The number of hydrogen-bond donors (Lipinski definition) is 0. The molecule has 0 bridgehead atoms. The Morgan fingerprint density at radius 1 is 0.467 bits per heavy atom. The van der Waals surface area contributed by atoms with Crippen molar-refractivity contribution in [3.8, 4) is 22.3 Å². The number of fused-ring (bicyclic) bond motifs is 1. The fourth-order valence-corrected chi connectivity index (χ4v) is 4.11. The summed E-state index contributed by atoms with van der Waals surface area (Å²) in [6, 6.07) is 43.0. The van der Waals surface area contributed by atoms with E-state index in [0.29, 0.717) is 0 Å². The normalized spacial score (nSPS) is 10.8. The number of hydrogen-bond acceptors (Lipinski definition) is 1. The van der Waals surface area contributed by atoms with E-state index >= 15 is 0 Å². The Bertz CT molecular complexity index is 1290. The van der Waals surface area contributed by atoms with Gasteiger partial charge in [0, 0.05) is 23.8 Å². The van der Waals surface area contributed by atoms with Gasteiger partial charge in [0.2, 0.25) is 0 Å². The summed E-state index contributed by atoms with van der Waals surface area (Å²) >= 11 is 0. The summed E-state index contributed by atoms with van der Waals surface area (Å²) in [6.45, 7) is 0. The van der Waals surface area contributed by atoms with Crippen LogP contribution in [0.4, 0.5) is 11.4 Å². The zero-order chi connectivity index (χ0) is 20.3. The van der Waals surface area contributed by atoms with E-state index in [1.165, 1.54) is 44.4 Å². The SMILES string of the molecule is CN(c1cccc(-c2ccccc2)c1)c1ccc(-c2ccccc2)c2ccccc12. The van der Waals surface area contributed by atoms with E-state index in [-0.39, 0.29) is 0 Å². The molecule has 0 N–H and O–H groups in total. The first-order valence-electron chi connectivity index (χ1n) is 10.3. The van der Waals surface area contributed by atoms with Crippen molar-refractivity contribution in [3.05, 3.63) is 121 Å². The lowest BCUT2D eigenvalue weighted by Crippen LogP contribution is -2.10. The fraction of sp³-hybridized carbons (Fsp3) is 0.0345. The van der Waals surface area contributed by atoms with Crippen molar-refractivity contribution < 1.29 is 0 Å². The number of nitrogens with zero attached hydrogens (tertiary/aromatic N) is 1. The van der Waals surface area contributed by atoms with Gasteiger partial charge in [0.25, 0.3) is 0 Å². The first-order chi connectivity index (χ1) is 14.8. The minimum absolute atomic E-state index is 1.17. The number of benzene rings is 5. The summed E-state index contributed by atoms with van der Waals surface area (Å²) in [5, 5.41) is 2.53. The fourth-order valence-electron chi connectivity index (χ4n) is 4.11. The van der Waals surface area contributed by atoms with Crippen molar-refractivity contribution in [2.24, 2.45) is 0 Å². The van der Waals surface area contributed by atoms with Crippen molar-refractivity contribution in [2.45, 2.75) is 0 Å². The monoisotopic (exact) mass is 385 g/mol. The molecule has 0 aliphatic rings. The highest BCUT2D eigenvalue weighted by molar-refractivity contribution is 6.04. The lowest BCUT2D eigenvalue weighted by Gasteiger charge is -2.23. The Morgan fingerprint density at radius 2 is 1.07 bits per heavy atom. The van der Waals surface area contributed by atoms with E-state index in [1.54, 1.807) is 0 Å². The van der Waals surface area contributed by atoms with Crippen LogP contribution in [0.2, 0.25) is 0 Å². The molecule has 5 rings (SSSR count). The minimum atomic E-state index is 1.17. The summed E-state index contributed by atoms with van der Waals surface area (Å²) in [4.78, 5) is 2.28. The van der Waals surface area contributed by atoms with Gasteiger partial charge >= 0.3 is 0 Å². The Morgan fingerprint density at radius 3 is 1.80 bits per heavy atom. The van der Waals surface area contributed by atoms with Crippen molar-refractivity contribution in [3.63, 3.8) is 0 Å². The number of rotatable bonds is 4. The Kier molecular flexibility index (Phi) is 4.78. The van der Waals surface area contributed by atoms with Gasteiger partial charge in [0.05, 0.1) is 0 Å². The van der Waals surface area contributed by atoms with Crippen LogP contribution < -0.4 is 4.90 Å². The second-order valence-corrected chi connectivity index (χ2v) is 7.52. The Balaban J connectivity index is 1.61. The zero-order valence-corrected chi connectivity index (χ0v) is 17.0. The molecule has 0 heterocycles. The molecule has 0 radical (unpaired) electrons. The van der Waals surface area contributed by atoms with E-state index in [4.69, 9.17) is 0 Å². The molecule has 144 valence electrons. The van der Waals surface area contributed by atoms with E-state index in [0.717, 1.165) is 0 Å². The first-order valence-corrected chi connectivity index (χ1v) is 10.3. The molecule has 0 fully saturated rings. The predicted molar refractivity (Wildman–Crippen MR) is 129 cm³/mol. The van der Waals surface area contributed by atoms with Crippen molar-refractivity contribution in [2.75, 3.05) is 11.9 Å². The molecule has 0 aliphatic carbocycles. The average molecular weight is 386 g/mol. The zero-order valence-electron chi connectivity index (χ0n) is 17.0. The summed E-state index contributed by atoms with van der Waals surface area (Å²) in [5.74, 6) is 0. The van der Waals surface area contributed by atoms with Gasteiger partial charge in [-0.15, -0.1) is 0 Å². The molecule has 0 amide bonds. The van der Waals surface area contributed by atoms with E-state index in [2.05, 4.69) is 133 Å². The summed E-state index contributed by atoms with van der Waals surface area (Å²) in [6.07, 6.45) is 0. The van der Waals surface area contributed by atoms with Gasteiger partial charge in [-0.3, -0.25) is 0 Å². The van der Waals surface area contributed by atoms with Crippen LogP contribution in [0.25, 0.3) is 33.0 Å². The third-order valence-electron chi connectivity index (χ3n) is 5.69. The maximum absolute atomic E-state index is 2.28. The third-order valence-corrected chi connectivity index (χ3v) is 5.69. The molecule has 0 saturated carbocycles. The number of anilines is 2. The molecule has 0 saturated heterocycles. The van der Waals surface area contributed by atoms with Gasteiger partial charge in [-0.25, -0.2) is 0 Å². The highest BCUT2D eigenvalue weighted by Gasteiger charge is 2.12. The molecule has 1 heteroatoms. The standard InChI is InChI=1S/C29H23N/c1-30(25-16-10-15-24(21-25)22-11-4-2-5-12-22)29-20-19-26(23-13-6-3-7-14-23)27-17-8-9-18-28(27)29/h2-21H,1H3. The van der Waals surface area contributed by atoms with E-state index in [9.17, 15) is 0 Å². The topological polar surface area (TPSA) is 3.24 Å². The molecule has 0 aromatic heterocycles. The second kappa shape index (κ2) is 7.88. The van der Waals surface area contributed by atoms with E-state index < -0.39 is 0 Å².